The van der Waals surface area contributed by atoms with Crippen molar-refractivity contribution in [3.05, 3.63) is 62.6 Å². The molecule has 9 heteroatoms. The predicted octanol–water partition coefficient (Wildman–Crippen LogP) is 4.72. The van der Waals surface area contributed by atoms with Crippen LogP contribution in [0, 0.1) is 11.6 Å². The zero-order valence-corrected chi connectivity index (χ0v) is 14.0. The molecule has 0 heterocycles. The van der Waals surface area contributed by atoms with Crippen LogP contribution in [0.15, 0.2) is 30.3 Å². The Morgan fingerprint density at radius 1 is 1.00 bits per heavy atom. The van der Waals surface area contributed by atoms with Gasteiger partial charge < -0.3 is 10.1 Å². The van der Waals surface area contributed by atoms with E-state index in [0.717, 1.165) is 0 Å². The van der Waals surface area contributed by atoms with Gasteiger partial charge in [0, 0.05) is 5.02 Å². The first-order valence-electron chi connectivity index (χ1n) is 6.34. The molecule has 0 spiro atoms. The summed E-state index contributed by atoms with van der Waals surface area (Å²) in [5.74, 6) is -4.25. The lowest BCUT2D eigenvalue weighted by Gasteiger charge is -2.09. The first-order chi connectivity index (χ1) is 11.3. The summed E-state index contributed by atoms with van der Waals surface area (Å²) in [4.78, 5) is 23.5. The Kier molecular flexibility index (Phi) is 5.99. The molecule has 4 nitrogen and oxygen atoms in total. The quantitative estimate of drug-likeness (QED) is 0.603. The van der Waals surface area contributed by atoms with E-state index >= 15 is 0 Å². The Morgan fingerprint density at radius 3 is 2.38 bits per heavy atom. The van der Waals surface area contributed by atoms with Crippen LogP contribution in [0.4, 0.5) is 14.5 Å². The van der Waals surface area contributed by atoms with Gasteiger partial charge in [0.25, 0.3) is 5.91 Å². The number of ether oxygens (including phenoxy) is 1. The Morgan fingerprint density at radius 2 is 1.67 bits per heavy atom. The molecule has 0 aliphatic carbocycles. The largest absolute Gasteiger partial charge is 0.452 e. The number of rotatable bonds is 4. The number of carbonyl (C=O) groups excluding carboxylic acids is 2. The molecule has 0 unspecified atom stereocenters. The number of halogens is 5. The molecule has 24 heavy (non-hydrogen) atoms. The van der Waals surface area contributed by atoms with E-state index in [1.807, 2.05) is 0 Å². The van der Waals surface area contributed by atoms with E-state index in [0.29, 0.717) is 17.2 Å². The summed E-state index contributed by atoms with van der Waals surface area (Å²) >= 11 is 17.3. The third kappa shape index (κ3) is 4.56. The summed E-state index contributed by atoms with van der Waals surface area (Å²) in [6.07, 6.45) is 0. The van der Waals surface area contributed by atoms with Crippen LogP contribution in [-0.2, 0) is 9.53 Å². The standard InChI is InChI=1S/C15H8Cl3F2NO3/c16-7-1-2-9(17)13(3-7)21-14(22)6-24-15(23)8-4-11(19)12(20)5-10(8)18/h1-5H,6H2,(H,21,22). The van der Waals surface area contributed by atoms with Gasteiger partial charge in [-0.15, -0.1) is 0 Å². The van der Waals surface area contributed by atoms with Gasteiger partial charge in [0.15, 0.2) is 18.2 Å². The van der Waals surface area contributed by atoms with Gasteiger partial charge in [-0.05, 0) is 30.3 Å². The van der Waals surface area contributed by atoms with E-state index in [9.17, 15) is 18.4 Å². The van der Waals surface area contributed by atoms with Gasteiger partial charge in [-0.3, -0.25) is 4.79 Å². The van der Waals surface area contributed by atoms with Crippen LogP contribution in [0.25, 0.3) is 0 Å². The first kappa shape index (κ1) is 18.4. The molecule has 0 atom stereocenters. The van der Waals surface area contributed by atoms with Crippen molar-refractivity contribution in [1.29, 1.82) is 0 Å². The number of hydrogen-bond donors (Lipinski definition) is 1. The second kappa shape index (κ2) is 7.79. The maximum atomic E-state index is 13.1. The van der Waals surface area contributed by atoms with Crippen molar-refractivity contribution < 1.29 is 23.1 Å². The fourth-order valence-electron chi connectivity index (χ4n) is 1.67. The van der Waals surface area contributed by atoms with E-state index in [2.05, 4.69) is 5.32 Å². The Balaban J connectivity index is 2.00. The molecule has 1 N–H and O–H groups in total. The minimum atomic E-state index is -1.26. The van der Waals surface area contributed by atoms with Gasteiger partial charge in [-0.25, -0.2) is 13.6 Å². The van der Waals surface area contributed by atoms with E-state index < -0.39 is 35.7 Å². The Hall–Kier alpha value is -1.89. The van der Waals surface area contributed by atoms with Gasteiger partial charge >= 0.3 is 5.97 Å². The van der Waals surface area contributed by atoms with E-state index in [1.165, 1.54) is 18.2 Å². The summed E-state index contributed by atoms with van der Waals surface area (Å²) in [7, 11) is 0. The highest BCUT2D eigenvalue weighted by molar-refractivity contribution is 6.35. The van der Waals surface area contributed by atoms with Crippen LogP contribution >= 0.6 is 34.8 Å². The number of nitrogens with one attached hydrogen (secondary N) is 1. The second-order valence-electron chi connectivity index (χ2n) is 4.49. The minimum Gasteiger partial charge on any atom is -0.452 e. The minimum absolute atomic E-state index is 0.232. The average molecular weight is 395 g/mol. The number of anilines is 1. The molecule has 0 saturated heterocycles. The SMILES string of the molecule is O=C(COC(=O)c1cc(F)c(F)cc1Cl)Nc1cc(Cl)ccc1Cl. The number of amides is 1. The van der Waals surface area contributed by atoms with Crippen molar-refractivity contribution in [1.82, 2.24) is 0 Å². The monoisotopic (exact) mass is 393 g/mol. The molecule has 0 aliphatic rings. The molecular weight excluding hydrogens is 387 g/mol. The van der Waals surface area contributed by atoms with Crippen LogP contribution in [0.2, 0.25) is 15.1 Å². The van der Waals surface area contributed by atoms with Crippen molar-refractivity contribution in [3.8, 4) is 0 Å². The van der Waals surface area contributed by atoms with E-state index in [-0.39, 0.29) is 15.7 Å². The third-order valence-electron chi connectivity index (χ3n) is 2.77. The number of carbonyl (C=O) groups is 2. The summed E-state index contributed by atoms with van der Waals surface area (Å²) in [5, 5.41) is 2.64. The van der Waals surface area contributed by atoms with Gasteiger partial charge in [0.05, 0.1) is 21.3 Å². The summed E-state index contributed by atoms with van der Waals surface area (Å²) in [6.45, 7) is -0.684. The lowest BCUT2D eigenvalue weighted by molar-refractivity contribution is -0.119. The third-order valence-corrected chi connectivity index (χ3v) is 3.64. The van der Waals surface area contributed by atoms with Crippen LogP contribution in [-0.4, -0.2) is 18.5 Å². The number of hydrogen-bond acceptors (Lipinski definition) is 3. The topological polar surface area (TPSA) is 55.4 Å². The molecule has 0 radical (unpaired) electrons. The summed E-state index contributed by atoms with van der Waals surface area (Å²) in [5.41, 5.74) is -0.166. The van der Waals surface area contributed by atoms with Crippen LogP contribution in [0.3, 0.4) is 0 Å². The summed E-state index contributed by atoms with van der Waals surface area (Å²) in [6, 6.07) is 5.65. The lowest BCUT2D eigenvalue weighted by Crippen LogP contribution is -2.21. The first-order valence-corrected chi connectivity index (χ1v) is 7.48. The normalized spacial score (nSPS) is 10.4. The highest BCUT2D eigenvalue weighted by atomic mass is 35.5. The molecule has 0 saturated carbocycles. The Bertz CT molecular complexity index is 815. The second-order valence-corrected chi connectivity index (χ2v) is 5.75. The molecule has 126 valence electrons. The number of esters is 1. The van der Waals surface area contributed by atoms with Crippen LogP contribution in [0.1, 0.15) is 10.4 Å². The zero-order chi connectivity index (χ0) is 17.9. The number of benzene rings is 2. The highest BCUT2D eigenvalue weighted by Gasteiger charge is 2.17. The highest BCUT2D eigenvalue weighted by Crippen LogP contribution is 2.25. The van der Waals surface area contributed by atoms with E-state index in [4.69, 9.17) is 39.5 Å². The smallest absolute Gasteiger partial charge is 0.340 e. The van der Waals surface area contributed by atoms with E-state index in [1.54, 1.807) is 0 Å². The van der Waals surface area contributed by atoms with Gasteiger partial charge in [0.1, 0.15) is 0 Å². The van der Waals surface area contributed by atoms with Gasteiger partial charge in [0.2, 0.25) is 0 Å². The lowest BCUT2D eigenvalue weighted by atomic mass is 10.2. The predicted molar refractivity (Wildman–Crippen MR) is 86.7 cm³/mol. The molecule has 2 aromatic carbocycles. The van der Waals surface area contributed by atoms with Crippen LogP contribution in [0.5, 0.6) is 0 Å². The maximum absolute atomic E-state index is 13.1. The molecule has 1 amide bonds. The maximum Gasteiger partial charge on any atom is 0.340 e. The van der Waals surface area contributed by atoms with Gasteiger partial charge in [-0.2, -0.15) is 0 Å². The fourth-order valence-corrected chi connectivity index (χ4v) is 2.23. The van der Waals surface area contributed by atoms with Crippen LogP contribution < -0.4 is 5.32 Å². The average Bonchev–Trinajstić information content (AvgIpc) is 2.52. The molecule has 0 aromatic heterocycles. The fraction of sp³-hybridized carbons (Fsp3) is 0.0667. The van der Waals surface area contributed by atoms with Crippen molar-refractivity contribution >= 4 is 52.4 Å². The van der Waals surface area contributed by atoms with Crippen molar-refractivity contribution in [2.45, 2.75) is 0 Å². The van der Waals surface area contributed by atoms with Gasteiger partial charge in [-0.1, -0.05) is 34.8 Å². The molecular formula is C15H8Cl3F2NO3. The summed E-state index contributed by atoms with van der Waals surface area (Å²) < 4.78 is 30.8. The Labute approximate surface area is 150 Å². The molecule has 0 aliphatic heterocycles. The molecule has 0 bridgehead atoms. The molecule has 0 fully saturated rings. The molecule has 2 rings (SSSR count). The zero-order valence-electron chi connectivity index (χ0n) is 11.7. The van der Waals surface area contributed by atoms with Crippen molar-refractivity contribution in [2.75, 3.05) is 11.9 Å². The van der Waals surface area contributed by atoms with Crippen molar-refractivity contribution in [2.24, 2.45) is 0 Å². The molecule has 2 aromatic rings. The van der Waals surface area contributed by atoms with Crippen molar-refractivity contribution in [3.63, 3.8) is 0 Å².